The topological polar surface area (TPSA) is 23.8 Å². The lowest BCUT2D eigenvalue weighted by atomic mass is 9.58. The summed E-state index contributed by atoms with van der Waals surface area (Å²) in [6.45, 7) is 0. The van der Waals surface area contributed by atoms with E-state index >= 15 is 0 Å². The number of nitrogens with zero attached hydrogens (tertiary/aromatic N) is 1. The number of rotatable bonds is 1. The van der Waals surface area contributed by atoms with Gasteiger partial charge in [0.15, 0.2) is 0 Å². The van der Waals surface area contributed by atoms with Crippen LogP contribution in [0.15, 0.2) is 145 Å². The highest BCUT2D eigenvalue weighted by atomic mass is 14.6. The van der Waals surface area contributed by atoms with Gasteiger partial charge in [0.2, 0.25) is 0 Å². The first-order valence-corrected chi connectivity index (χ1v) is 15.0. The van der Waals surface area contributed by atoms with Crippen LogP contribution in [0, 0.1) is 17.2 Å². The van der Waals surface area contributed by atoms with E-state index in [1.54, 1.807) is 0 Å². The van der Waals surface area contributed by atoms with Crippen molar-refractivity contribution in [2.45, 2.75) is 11.3 Å². The summed E-state index contributed by atoms with van der Waals surface area (Å²) in [6.07, 6.45) is 13.9. The van der Waals surface area contributed by atoms with Crippen molar-refractivity contribution in [3.63, 3.8) is 0 Å². The van der Waals surface area contributed by atoms with Gasteiger partial charge in [-0.3, -0.25) is 0 Å². The molecule has 1 spiro atoms. The molecule has 1 heteroatoms. The van der Waals surface area contributed by atoms with Gasteiger partial charge in [0.1, 0.15) is 0 Å². The van der Waals surface area contributed by atoms with Gasteiger partial charge in [-0.1, -0.05) is 134 Å². The Hall–Kier alpha value is -5.45. The molecule has 0 aromatic heterocycles. The maximum absolute atomic E-state index is 9.42. The predicted octanol–water partition coefficient (Wildman–Crippen LogP) is 9.70. The number of fused-ring (bicyclic) bond motifs is 13. The summed E-state index contributed by atoms with van der Waals surface area (Å²) in [7, 11) is 0. The van der Waals surface area contributed by atoms with E-state index in [-0.39, 0.29) is 11.8 Å². The molecule has 0 heterocycles. The third kappa shape index (κ3) is 3.21. The largest absolute Gasteiger partial charge is 0.192 e. The molecule has 5 aromatic carbocycles. The average molecular weight is 546 g/mol. The molecule has 9 rings (SSSR count). The summed E-state index contributed by atoms with van der Waals surface area (Å²) in [5, 5.41) is 9.42. The van der Waals surface area contributed by atoms with Gasteiger partial charge in [-0.05, 0) is 85.0 Å². The Bertz CT molecular complexity index is 2150. The van der Waals surface area contributed by atoms with Crippen LogP contribution >= 0.6 is 0 Å². The standard InChI is InChI=1S/C42H27N/c43-26-27-17-19-28(20-18-27)31-24-23-30-22-21-29-9-1-7-15-37(29)42(39(30)25-31)38-16-8-6-14-36(38)40-34-12-4-2-10-32(34)33-11-3-5-13-35(33)41(40)42/h1-25,33,35H. The zero-order valence-corrected chi connectivity index (χ0v) is 23.5. The van der Waals surface area contributed by atoms with E-state index in [1.165, 1.54) is 55.7 Å². The third-order valence-electron chi connectivity index (χ3n) is 9.94. The summed E-state index contributed by atoms with van der Waals surface area (Å²) < 4.78 is 0. The summed E-state index contributed by atoms with van der Waals surface area (Å²) in [4.78, 5) is 0. The first-order valence-electron chi connectivity index (χ1n) is 15.0. The fraction of sp³-hybridized carbons (Fsp3) is 0.0714. The highest BCUT2D eigenvalue weighted by Gasteiger charge is 2.54. The van der Waals surface area contributed by atoms with Gasteiger partial charge in [0, 0.05) is 11.8 Å². The molecule has 1 nitrogen and oxygen atoms in total. The van der Waals surface area contributed by atoms with Crippen molar-refractivity contribution in [3.8, 4) is 17.2 Å². The van der Waals surface area contributed by atoms with Gasteiger partial charge in [-0.2, -0.15) is 5.26 Å². The highest BCUT2D eigenvalue weighted by molar-refractivity contribution is 5.98. The van der Waals surface area contributed by atoms with Gasteiger partial charge in [-0.15, -0.1) is 0 Å². The minimum Gasteiger partial charge on any atom is -0.192 e. The lowest BCUT2D eigenvalue weighted by Crippen LogP contribution is -2.36. The van der Waals surface area contributed by atoms with Gasteiger partial charge < -0.3 is 0 Å². The second kappa shape index (κ2) is 9.02. The Balaban J connectivity index is 1.45. The molecule has 4 aliphatic carbocycles. The smallest absolute Gasteiger partial charge is 0.0991 e. The van der Waals surface area contributed by atoms with Crippen molar-refractivity contribution in [3.05, 3.63) is 195 Å². The molecule has 3 unspecified atom stereocenters. The molecule has 0 bridgehead atoms. The SMILES string of the molecule is N#Cc1ccc(-c2ccc3c(c2)C2(C4=C(c5ccccc5C5C=CC=CC45)c4ccccc42)c2ccccc2C=C3)cc1. The van der Waals surface area contributed by atoms with Crippen LogP contribution in [0.3, 0.4) is 0 Å². The molecule has 0 fully saturated rings. The van der Waals surface area contributed by atoms with Crippen LogP contribution in [0.25, 0.3) is 28.9 Å². The maximum atomic E-state index is 9.42. The van der Waals surface area contributed by atoms with Gasteiger partial charge in [0.25, 0.3) is 0 Å². The number of hydrogen-bond acceptors (Lipinski definition) is 1. The Morgan fingerprint density at radius 1 is 0.558 bits per heavy atom. The van der Waals surface area contributed by atoms with Crippen LogP contribution < -0.4 is 0 Å². The Labute approximate surface area is 252 Å². The van der Waals surface area contributed by atoms with Crippen LogP contribution in [0.4, 0.5) is 0 Å². The summed E-state index contributed by atoms with van der Waals surface area (Å²) in [5.41, 5.74) is 15.9. The number of nitriles is 1. The minimum atomic E-state index is -0.476. The van der Waals surface area contributed by atoms with Crippen LogP contribution in [0.1, 0.15) is 56.0 Å². The molecule has 3 atom stereocenters. The van der Waals surface area contributed by atoms with Gasteiger partial charge >= 0.3 is 0 Å². The summed E-state index contributed by atoms with van der Waals surface area (Å²) >= 11 is 0. The van der Waals surface area contributed by atoms with Crippen molar-refractivity contribution >= 4 is 17.7 Å². The van der Waals surface area contributed by atoms with E-state index in [2.05, 4.69) is 146 Å². The molecule has 0 amide bonds. The second-order valence-electron chi connectivity index (χ2n) is 11.9. The number of allylic oxidation sites excluding steroid dienone is 5. The molecule has 0 aliphatic heterocycles. The van der Waals surface area contributed by atoms with Crippen molar-refractivity contribution in [2.75, 3.05) is 0 Å². The molecule has 5 aromatic rings. The number of benzene rings is 5. The van der Waals surface area contributed by atoms with E-state index in [0.29, 0.717) is 5.56 Å². The van der Waals surface area contributed by atoms with E-state index < -0.39 is 5.41 Å². The predicted molar refractivity (Wildman–Crippen MR) is 175 cm³/mol. The van der Waals surface area contributed by atoms with Gasteiger partial charge in [-0.25, -0.2) is 0 Å². The minimum absolute atomic E-state index is 0.222. The van der Waals surface area contributed by atoms with Gasteiger partial charge in [0.05, 0.1) is 17.0 Å². The molecule has 4 aliphatic rings. The summed E-state index contributed by atoms with van der Waals surface area (Å²) in [6, 6.07) is 44.3. The van der Waals surface area contributed by atoms with E-state index in [4.69, 9.17) is 0 Å². The fourth-order valence-corrected chi connectivity index (χ4v) is 8.24. The summed E-state index contributed by atoms with van der Waals surface area (Å²) in [5.74, 6) is 0.500. The van der Waals surface area contributed by atoms with E-state index in [1.807, 2.05) is 12.1 Å². The highest BCUT2D eigenvalue weighted by Crippen LogP contribution is 2.65. The Morgan fingerprint density at radius 2 is 1.21 bits per heavy atom. The lowest BCUT2D eigenvalue weighted by molar-refractivity contribution is 0.569. The van der Waals surface area contributed by atoms with Crippen LogP contribution in [-0.4, -0.2) is 0 Å². The zero-order valence-electron chi connectivity index (χ0n) is 23.5. The molecule has 0 saturated carbocycles. The van der Waals surface area contributed by atoms with Crippen molar-refractivity contribution in [1.29, 1.82) is 5.26 Å². The van der Waals surface area contributed by atoms with Crippen LogP contribution in [0.5, 0.6) is 0 Å². The fourth-order valence-electron chi connectivity index (χ4n) is 8.24. The first-order chi connectivity index (χ1) is 21.3. The second-order valence-corrected chi connectivity index (χ2v) is 11.9. The molecular formula is C42H27N. The monoisotopic (exact) mass is 545 g/mol. The van der Waals surface area contributed by atoms with Crippen molar-refractivity contribution in [2.24, 2.45) is 5.92 Å². The van der Waals surface area contributed by atoms with E-state index in [0.717, 1.165) is 11.1 Å². The van der Waals surface area contributed by atoms with Crippen molar-refractivity contribution < 1.29 is 0 Å². The molecule has 0 N–H and O–H groups in total. The zero-order chi connectivity index (χ0) is 28.5. The first kappa shape index (κ1) is 24.2. The van der Waals surface area contributed by atoms with Crippen molar-refractivity contribution in [1.82, 2.24) is 0 Å². The Morgan fingerprint density at radius 3 is 2.02 bits per heavy atom. The average Bonchev–Trinajstić information content (AvgIpc) is 3.31. The normalized spacial score (nSPS) is 21.7. The molecule has 200 valence electrons. The molecule has 0 saturated heterocycles. The van der Waals surface area contributed by atoms with Crippen LogP contribution in [-0.2, 0) is 5.41 Å². The molecule has 43 heavy (non-hydrogen) atoms. The Kier molecular flexibility index (Phi) is 5.07. The lowest BCUT2D eigenvalue weighted by Gasteiger charge is -2.43. The van der Waals surface area contributed by atoms with Crippen LogP contribution in [0.2, 0.25) is 0 Å². The number of hydrogen-bond donors (Lipinski definition) is 0. The maximum Gasteiger partial charge on any atom is 0.0991 e. The molecule has 0 radical (unpaired) electrons. The quantitative estimate of drug-likeness (QED) is 0.206. The van der Waals surface area contributed by atoms with E-state index in [9.17, 15) is 5.26 Å². The third-order valence-corrected chi connectivity index (χ3v) is 9.94. The molecular weight excluding hydrogens is 518 g/mol.